The molecule has 0 saturated carbocycles. The van der Waals surface area contributed by atoms with Crippen molar-refractivity contribution in [2.45, 2.75) is 33.2 Å². The molecule has 0 unspecified atom stereocenters. The van der Waals surface area contributed by atoms with Crippen molar-refractivity contribution in [3.63, 3.8) is 0 Å². The minimum atomic E-state index is 0. The Bertz CT molecular complexity index is 799. The third kappa shape index (κ3) is 6.67. The number of piperazine rings is 1. The molecule has 1 saturated heterocycles. The van der Waals surface area contributed by atoms with E-state index in [9.17, 15) is 0 Å². The summed E-state index contributed by atoms with van der Waals surface area (Å²) >= 11 is 3.37. The van der Waals surface area contributed by atoms with Crippen LogP contribution in [0, 0.1) is 6.92 Å². The normalized spacial score (nSPS) is 14.7. The molecule has 0 aliphatic carbocycles. The number of guanidine groups is 1. The Morgan fingerprint density at radius 2 is 2.00 bits per heavy atom. The van der Waals surface area contributed by atoms with Crippen LogP contribution in [0.3, 0.4) is 0 Å². The van der Waals surface area contributed by atoms with Gasteiger partial charge in [0.2, 0.25) is 5.13 Å². The zero-order valence-corrected chi connectivity index (χ0v) is 22.1. The molecule has 3 rings (SSSR count). The van der Waals surface area contributed by atoms with Crippen LogP contribution in [-0.2, 0) is 20.0 Å². The van der Waals surface area contributed by atoms with Crippen LogP contribution in [0.25, 0.3) is 0 Å². The monoisotopic (exact) mass is 565 g/mol. The summed E-state index contributed by atoms with van der Waals surface area (Å²) in [5.74, 6) is 4.82. The number of hydrogen-bond donors (Lipinski definition) is 1. The molecular weight excluding hydrogens is 533 g/mol. The van der Waals surface area contributed by atoms with Gasteiger partial charge >= 0.3 is 0 Å². The third-order valence-electron chi connectivity index (χ3n) is 4.98. The van der Waals surface area contributed by atoms with E-state index in [0.717, 1.165) is 79.9 Å². The van der Waals surface area contributed by atoms with Crippen molar-refractivity contribution >= 4 is 58.4 Å². The Hall–Kier alpha value is -1.15. The van der Waals surface area contributed by atoms with Gasteiger partial charge in [0.1, 0.15) is 18.2 Å². The Morgan fingerprint density at radius 1 is 1.23 bits per heavy atom. The number of rotatable bonds is 8. The molecule has 1 aliphatic rings. The molecule has 12 heteroatoms. The van der Waals surface area contributed by atoms with E-state index in [1.807, 2.05) is 30.3 Å². The van der Waals surface area contributed by atoms with Crippen LogP contribution in [0.2, 0.25) is 0 Å². The molecular formula is C18H32IN9S2. The van der Waals surface area contributed by atoms with Gasteiger partial charge in [0, 0.05) is 57.7 Å². The Kier molecular flexibility index (Phi) is 10.6. The zero-order valence-electron chi connectivity index (χ0n) is 18.2. The average Bonchev–Trinajstić information content (AvgIpc) is 3.35. The quantitative estimate of drug-likeness (QED) is 0.226. The molecule has 2 aromatic heterocycles. The second kappa shape index (κ2) is 12.6. The molecule has 3 heterocycles. The van der Waals surface area contributed by atoms with E-state index in [1.54, 1.807) is 0 Å². The van der Waals surface area contributed by atoms with Gasteiger partial charge in [-0.2, -0.15) is 16.1 Å². The van der Waals surface area contributed by atoms with Gasteiger partial charge in [-0.1, -0.05) is 6.92 Å². The fourth-order valence-electron chi connectivity index (χ4n) is 3.05. The second-order valence-electron chi connectivity index (χ2n) is 6.96. The lowest BCUT2D eigenvalue weighted by atomic mass is 10.3. The minimum Gasteiger partial charge on any atom is -0.356 e. The van der Waals surface area contributed by atoms with Crippen LogP contribution in [-0.4, -0.2) is 79.7 Å². The van der Waals surface area contributed by atoms with Crippen LogP contribution in [0.1, 0.15) is 30.8 Å². The number of aliphatic imine (C=N–C) groups is 1. The molecule has 1 N–H and O–H groups in total. The number of nitrogens with zero attached hydrogens (tertiary/aromatic N) is 8. The predicted octanol–water partition coefficient (Wildman–Crippen LogP) is 2.18. The van der Waals surface area contributed by atoms with Gasteiger partial charge in [-0.3, -0.25) is 0 Å². The largest absolute Gasteiger partial charge is 0.356 e. The van der Waals surface area contributed by atoms with Crippen LogP contribution >= 0.6 is 47.3 Å². The van der Waals surface area contributed by atoms with E-state index >= 15 is 0 Å². The second-order valence-corrected chi connectivity index (χ2v) is 8.67. The summed E-state index contributed by atoms with van der Waals surface area (Å²) in [6.45, 7) is 9.17. The van der Waals surface area contributed by atoms with E-state index in [-0.39, 0.29) is 24.0 Å². The molecule has 0 atom stereocenters. The van der Waals surface area contributed by atoms with E-state index in [4.69, 9.17) is 4.99 Å². The lowest BCUT2D eigenvalue weighted by Crippen LogP contribution is -2.52. The third-order valence-corrected chi connectivity index (χ3v) is 6.50. The van der Waals surface area contributed by atoms with Gasteiger partial charge in [-0.05, 0) is 25.4 Å². The lowest BCUT2D eigenvalue weighted by Gasteiger charge is -2.36. The fourth-order valence-corrected chi connectivity index (χ4v) is 4.28. The maximum atomic E-state index is 4.86. The first-order chi connectivity index (χ1) is 14.1. The number of nitrogens with one attached hydrogen (secondary N) is 1. The van der Waals surface area contributed by atoms with E-state index in [1.165, 1.54) is 11.5 Å². The molecule has 168 valence electrons. The topological polar surface area (TPSA) is 87.4 Å². The highest BCUT2D eigenvalue weighted by Gasteiger charge is 2.22. The molecule has 0 amide bonds. The first kappa shape index (κ1) is 25.1. The van der Waals surface area contributed by atoms with Crippen molar-refractivity contribution in [2.24, 2.45) is 12.0 Å². The van der Waals surface area contributed by atoms with Crippen molar-refractivity contribution < 1.29 is 0 Å². The maximum absolute atomic E-state index is 4.86. The highest BCUT2D eigenvalue weighted by molar-refractivity contribution is 14.0. The molecule has 1 aliphatic heterocycles. The summed E-state index contributed by atoms with van der Waals surface area (Å²) in [6, 6.07) is 0. The zero-order chi connectivity index (χ0) is 20.6. The van der Waals surface area contributed by atoms with Gasteiger partial charge in [-0.15, -0.1) is 34.2 Å². The maximum Gasteiger partial charge on any atom is 0.205 e. The van der Waals surface area contributed by atoms with Crippen LogP contribution in [0.15, 0.2) is 4.99 Å². The van der Waals surface area contributed by atoms with Crippen molar-refractivity contribution in [1.29, 1.82) is 0 Å². The molecule has 0 radical (unpaired) electrons. The fraction of sp³-hybridized carbons (Fsp3) is 0.722. The number of aromatic nitrogens is 5. The number of halogens is 1. The minimum absolute atomic E-state index is 0. The van der Waals surface area contributed by atoms with Crippen molar-refractivity contribution in [2.75, 3.05) is 49.6 Å². The molecule has 1 fully saturated rings. The van der Waals surface area contributed by atoms with Crippen LogP contribution in [0.4, 0.5) is 5.13 Å². The van der Waals surface area contributed by atoms with E-state index < -0.39 is 0 Å². The highest BCUT2D eigenvalue weighted by atomic mass is 127. The Balaban J connectivity index is 0.00000320. The van der Waals surface area contributed by atoms with Gasteiger partial charge in [0.15, 0.2) is 11.8 Å². The standard InChI is InChI=1S/C18H31N9S2.HI/c1-5-15-21-18(29-24-15)27-10-8-26(9-11-27)17(19-7-6-12-28-4)20-13-16-23-22-14(2)25(16)3;/h5-13H2,1-4H3,(H,19,20);1H. The first-order valence-corrected chi connectivity index (χ1v) is 12.2. The van der Waals surface area contributed by atoms with E-state index in [0.29, 0.717) is 6.54 Å². The predicted molar refractivity (Wildman–Crippen MR) is 136 cm³/mol. The summed E-state index contributed by atoms with van der Waals surface area (Å²) in [5, 5.41) is 13.0. The number of anilines is 1. The lowest BCUT2D eigenvalue weighted by molar-refractivity contribution is 0.371. The van der Waals surface area contributed by atoms with Gasteiger partial charge in [0.25, 0.3) is 0 Å². The van der Waals surface area contributed by atoms with Crippen molar-refractivity contribution in [1.82, 2.24) is 34.3 Å². The SMILES string of the molecule is CCc1nsc(N2CCN(C(=NCc3nnc(C)n3C)NCCCSC)CC2)n1.I. The molecule has 0 aromatic carbocycles. The van der Waals surface area contributed by atoms with Crippen LogP contribution in [0.5, 0.6) is 0 Å². The molecule has 0 bridgehead atoms. The summed E-state index contributed by atoms with van der Waals surface area (Å²) in [4.78, 5) is 14.1. The van der Waals surface area contributed by atoms with Crippen molar-refractivity contribution in [3.05, 3.63) is 17.5 Å². The van der Waals surface area contributed by atoms with Gasteiger partial charge < -0.3 is 19.7 Å². The van der Waals surface area contributed by atoms with Crippen molar-refractivity contribution in [3.8, 4) is 0 Å². The summed E-state index contributed by atoms with van der Waals surface area (Å²) in [5.41, 5.74) is 0. The van der Waals surface area contributed by atoms with Crippen LogP contribution < -0.4 is 10.2 Å². The Labute approximate surface area is 204 Å². The van der Waals surface area contributed by atoms with E-state index in [2.05, 4.69) is 47.9 Å². The summed E-state index contributed by atoms with van der Waals surface area (Å²) < 4.78 is 6.41. The average molecular weight is 566 g/mol. The molecule has 30 heavy (non-hydrogen) atoms. The molecule has 2 aromatic rings. The summed E-state index contributed by atoms with van der Waals surface area (Å²) in [6.07, 6.45) is 4.14. The summed E-state index contributed by atoms with van der Waals surface area (Å²) in [7, 11) is 1.98. The first-order valence-electron chi connectivity index (χ1n) is 10.1. The molecule has 0 spiro atoms. The number of thioether (sulfide) groups is 1. The van der Waals surface area contributed by atoms with Gasteiger partial charge in [0.05, 0.1) is 0 Å². The smallest absolute Gasteiger partial charge is 0.205 e. The number of hydrogen-bond acceptors (Lipinski definition) is 8. The molecule has 9 nitrogen and oxygen atoms in total. The van der Waals surface area contributed by atoms with Gasteiger partial charge in [-0.25, -0.2) is 9.98 Å². The number of aryl methyl sites for hydroxylation is 2. The Morgan fingerprint density at radius 3 is 2.60 bits per heavy atom. The highest BCUT2D eigenvalue weighted by Crippen LogP contribution is 2.19.